The minimum absolute atomic E-state index is 0.124. The van der Waals surface area contributed by atoms with Gasteiger partial charge in [0.15, 0.2) is 0 Å². The van der Waals surface area contributed by atoms with Crippen LogP contribution < -0.4 is 5.32 Å². The van der Waals surface area contributed by atoms with Gasteiger partial charge in [0.2, 0.25) is 10.0 Å². The van der Waals surface area contributed by atoms with Crippen LogP contribution in [0.3, 0.4) is 0 Å². The summed E-state index contributed by atoms with van der Waals surface area (Å²) in [5.74, 6) is -0.252. The van der Waals surface area contributed by atoms with Crippen LogP contribution in [0, 0.1) is 0 Å². The molecule has 0 aliphatic carbocycles. The minimum Gasteiger partial charge on any atom is -0.379 e. The summed E-state index contributed by atoms with van der Waals surface area (Å²) in [4.78, 5) is 12.9. The van der Waals surface area contributed by atoms with Gasteiger partial charge in [0.05, 0.1) is 18.1 Å². The number of carbonyl (C=O) groups is 1. The van der Waals surface area contributed by atoms with Crippen molar-refractivity contribution in [1.82, 2.24) is 9.62 Å². The van der Waals surface area contributed by atoms with Gasteiger partial charge in [0, 0.05) is 25.2 Å². The third-order valence-electron chi connectivity index (χ3n) is 5.25. The summed E-state index contributed by atoms with van der Waals surface area (Å²) in [6, 6.07) is 24.1. The van der Waals surface area contributed by atoms with Crippen molar-refractivity contribution < 1.29 is 17.9 Å². The Bertz CT molecular complexity index is 1140. The number of ether oxygens (including phenoxy) is 1. The Morgan fingerprint density at radius 1 is 0.839 bits per heavy atom. The second-order valence-electron chi connectivity index (χ2n) is 7.25. The van der Waals surface area contributed by atoms with Crippen LogP contribution in [0.5, 0.6) is 0 Å². The zero-order valence-electron chi connectivity index (χ0n) is 17.0. The largest absolute Gasteiger partial charge is 0.379 e. The predicted octanol–water partition coefficient (Wildman–Crippen LogP) is 3.30. The topological polar surface area (TPSA) is 75.7 Å². The second-order valence-corrected chi connectivity index (χ2v) is 9.16. The summed E-state index contributed by atoms with van der Waals surface area (Å²) in [7, 11) is -3.64. The molecular formula is C24H24N2O4S. The average molecular weight is 437 g/mol. The van der Waals surface area contributed by atoms with Crippen molar-refractivity contribution in [3.63, 3.8) is 0 Å². The van der Waals surface area contributed by atoms with E-state index in [-0.39, 0.29) is 17.3 Å². The molecule has 7 heteroatoms. The maximum atomic E-state index is 13.1. The molecule has 0 unspecified atom stereocenters. The molecule has 1 heterocycles. The number of hydrogen-bond acceptors (Lipinski definition) is 4. The van der Waals surface area contributed by atoms with Gasteiger partial charge in [-0.25, -0.2) is 8.42 Å². The fraction of sp³-hybridized carbons (Fsp3) is 0.208. The molecule has 1 fully saturated rings. The van der Waals surface area contributed by atoms with Gasteiger partial charge in [-0.3, -0.25) is 4.79 Å². The SMILES string of the molecule is O=C(NCc1ccccc1S(=O)(=O)N1CCOCC1)c1ccc(-c2ccccc2)cc1. The van der Waals surface area contributed by atoms with Gasteiger partial charge in [-0.1, -0.05) is 60.7 Å². The summed E-state index contributed by atoms with van der Waals surface area (Å²) in [6.45, 7) is 1.56. The first kappa shape index (κ1) is 21.2. The van der Waals surface area contributed by atoms with Crippen molar-refractivity contribution in [2.45, 2.75) is 11.4 Å². The monoisotopic (exact) mass is 436 g/mol. The van der Waals surface area contributed by atoms with E-state index >= 15 is 0 Å². The molecule has 1 amide bonds. The fourth-order valence-corrected chi connectivity index (χ4v) is 5.18. The molecule has 0 spiro atoms. The van der Waals surface area contributed by atoms with Gasteiger partial charge in [-0.2, -0.15) is 4.31 Å². The van der Waals surface area contributed by atoms with Gasteiger partial charge in [-0.15, -0.1) is 0 Å². The third-order valence-corrected chi connectivity index (χ3v) is 7.25. The average Bonchev–Trinajstić information content (AvgIpc) is 2.84. The number of morpholine rings is 1. The number of nitrogens with zero attached hydrogens (tertiary/aromatic N) is 1. The summed E-state index contributed by atoms with van der Waals surface area (Å²) < 4.78 is 32.8. The van der Waals surface area contributed by atoms with Gasteiger partial charge in [0.25, 0.3) is 5.91 Å². The molecule has 1 N–H and O–H groups in total. The molecule has 1 aliphatic heterocycles. The lowest BCUT2D eigenvalue weighted by atomic mass is 10.0. The van der Waals surface area contributed by atoms with Crippen LogP contribution >= 0.6 is 0 Å². The molecule has 0 radical (unpaired) electrons. The lowest BCUT2D eigenvalue weighted by Crippen LogP contribution is -2.41. The van der Waals surface area contributed by atoms with E-state index in [1.165, 1.54) is 4.31 Å². The molecule has 31 heavy (non-hydrogen) atoms. The molecule has 1 aliphatic rings. The van der Waals surface area contributed by atoms with Crippen LogP contribution in [0.1, 0.15) is 15.9 Å². The zero-order chi connectivity index (χ0) is 21.7. The maximum Gasteiger partial charge on any atom is 0.251 e. The summed E-state index contributed by atoms with van der Waals surface area (Å²) >= 11 is 0. The Labute approximate surface area is 182 Å². The van der Waals surface area contributed by atoms with E-state index < -0.39 is 10.0 Å². The van der Waals surface area contributed by atoms with E-state index in [2.05, 4.69) is 5.32 Å². The van der Waals surface area contributed by atoms with E-state index in [1.54, 1.807) is 36.4 Å². The number of amides is 1. The minimum atomic E-state index is -3.64. The van der Waals surface area contributed by atoms with Crippen LogP contribution in [-0.2, 0) is 21.3 Å². The number of carbonyl (C=O) groups excluding carboxylic acids is 1. The lowest BCUT2D eigenvalue weighted by molar-refractivity contribution is 0.0730. The van der Waals surface area contributed by atoms with Crippen molar-refractivity contribution in [1.29, 1.82) is 0 Å². The van der Waals surface area contributed by atoms with E-state index in [1.807, 2.05) is 42.5 Å². The number of hydrogen-bond donors (Lipinski definition) is 1. The van der Waals surface area contributed by atoms with Gasteiger partial charge in [-0.05, 0) is 34.9 Å². The Balaban J connectivity index is 1.47. The highest BCUT2D eigenvalue weighted by molar-refractivity contribution is 7.89. The summed E-state index contributed by atoms with van der Waals surface area (Å²) in [6.07, 6.45) is 0. The summed E-state index contributed by atoms with van der Waals surface area (Å²) in [5, 5.41) is 2.84. The molecule has 0 saturated carbocycles. The number of nitrogens with one attached hydrogen (secondary N) is 1. The molecule has 6 nitrogen and oxygen atoms in total. The third kappa shape index (κ3) is 4.85. The molecule has 4 rings (SSSR count). The lowest BCUT2D eigenvalue weighted by Gasteiger charge is -2.27. The first-order chi connectivity index (χ1) is 15.1. The Hall–Kier alpha value is -3.00. The van der Waals surface area contributed by atoms with Crippen LogP contribution in [-0.4, -0.2) is 44.9 Å². The number of sulfonamides is 1. The van der Waals surface area contributed by atoms with Gasteiger partial charge >= 0.3 is 0 Å². The molecule has 0 bridgehead atoms. The van der Waals surface area contributed by atoms with Gasteiger partial charge < -0.3 is 10.1 Å². The van der Waals surface area contributed by atoms with Crippen LogP contribution in [0.15, 0.2) is 83.8 Å². The molecule has 160 valence electrons. The van der Waals surface area contributed by atoms with Crippen molar-refractivity contribution >= 4 is 15.9 Å². The van der Waals surface area contributed by atoms with E-state index in [9.17, 15) is 13.2 Å². The van der Waals surface area contributed by atoms with Crippen LogP contribution in [0.25, 0.3) is 11.1 Å². The normalized spacial score (nSPS) is 14.8. The van der Waals surface area contributed by atoms with Crippen molar-refractivity contribution in [3.05, 3.63) is 90.0 Å². The number of benzene rings is 3. The molecular weight excluding hydrogens is 412 g/mol. The standard InChI is InChI=1S/C24H24N2O4S/c27-24(21-12-10-20(11-13-21)19-6-2-1-3-7-19)25-18-22-8-4-5-9-23(22)31(28,29)26-14-16-30-17-15-26/h1-13H,14-18H2,(H,25,27). The fourth-order valence-electron chi connectivity index (χ4n) is 3.55. The predicted molar refractivity (Wildman–Crippen MR) is 119 cm³/mol. The van der Waals surface area contributed by atoms with Crippen LogP contribution in [0.4, 0.5) is 0 Å². The second kappa shape index (κ2) is 9.43. The zero-order valence-corrected chi connectivity index (χ0v) is 17.8. The van der Waals surface area contributed by atoms with Crippen molar-refractivity contribution in [2.24, 2.45) is 0 Å². The highest BCUT2D eigenvalue weighted by atomic mass is 32.2. The number of rotatable bonds is 6. The van der Waals surface area contributed by atoms with E-state index in [4.69, 9.17) is 4.74 Å². The molecule has 1 saturated heterocycles. The Morgan fingerprint density at radius 3 is 2.16 bits per heavy atom. The molecule has 0 aromatic heterocycles. The van der Waals surface area contributed by atoms with Crippen LogP contribution in [0.2, 0.25) is 0 Å². The highest BCUT2D eigenvalue weighted by Gasteiger charge is 2.28. The summed E-state index contributed by atoms with van der Waals surface area (Å²) in [5.41, 5.74) is 3.19. The van der Waals surface area contributed by atoms with Crippen molar-refractivity contribution in [3.8, 4) is 11.1 Å². The first-order valence-corrected chi connectivity index (χ1v) is 11.6. The molecule has 0 atom stereocenters. The quantitative estimate of drug-likeness (QED) is 0.643. The first-order valence-electron chi connectivity index (χ1n) is 10.2. The van der Waals surface area contributed by atoms with E-state index in [0.717, 1.165) is 11.1 Å². The van der Waals surface area contributed by atoms with Crippen molar-refractivity contribution in [2.75, 3.05) is 26.3 Å². The maximum absolute atomic E-state index is 13.1. The molecule has 3 aromatic carbocycles. The highest BCUT2D eigenvalue weighted by Crippen LogP contribution is 2.22. The van der Waals surface area contributed by atoms with Gasteiger partial charge in [0.1, 0.15) is 0 Å². The van der Waals surface area contributed by atoms with E-state index in [0.29, 0.717) is 37.4 Å². The Morgan fingerprint density at radius 2 is 1.45 bits per heavy atom. The molecule has 3 aromatic rings. The smallest absolute Gasteiger partial charge is 0.251 e. The Kier molecular flexibility index (Phi) is 6.46.